The molecule has 0 saturated carbocycles. The number of ketones is 1. The number of aliphatic hydroxyl groups excluding tert-OH is 1. The molecule has 5 rings (SSSR count). The van der Waals surface area contributed by atoms with E-state index in [1.54, 1.807) is 36.8 Å². The fourth-order valence-corrected chi connectivity index (χ4v) is 4.43. The summed E-state index contributed by atoms with van der Waals surface area (Å²) in [6.45, 7) is 0.894. The van der Waals surface area contributed by atoms with Crippen LogP contribution in [0, 0.1) is 5.82 Å². The van der Waals surface area contributed by atoms with Crippen LogP contribution in [0.3, 0.4) is 0 Å². The molecule has 0 fully saturated rings. The van der Waals surface area contributed by atoms with Gasteiger partial charge in [0.1, 0.15) is 18.2 Å². The fourth-order valence-electron chi connectivity index (χ4n) is 4.43. The first-order chi connectivity index (χ1) is 17.0. The SMILES string of the molecule is COc1cccc2cc(C(=O)C3=C(O)C(=O)N(CCC[n+]4cc[nH]c4)C3c3ccc(F)cc3)oc12. The number of rotatable bonds is 8. The van der Waals surface area contributed by atoms with Crippen molar-refractivity contribution in [1.82, 2.24) is 9.88 Å². The maximum Gasteiger partial charge on any atom is 0.290 e. The first-order valence-corrected chi connectivity index (χ1v) is 11.1. The Morgan fingerprint density at radius 3 is 2.77 bits per heavy atom. The van der Waals surface area contributed by atoms with Gasteiger partial charge in [-0.05, 0) is 29.8 Å². The van der Waals surface area contributed by atoms with Gasteiger partial charge in [-0.25, -0.2) is 8.96 Å². The van der Waals surface area contributed by atoms with Crippen molar-refractivity contribution in [3.63, 3.8) is 0 Å². The van der Waals surface area contributed by atoms with Crippen LogP contribution in [0.25, 0.3) is 11.0 Å². The topological polar surface area (TPSA) is 99.6 Å². The van der Waals surface area contributed by atoms with E-state index in [9.17, 15) is 19.1 Å². The van der Waals surface area contributed by atoms with Crippen molar-refractivity contribution >= 4 is 22.7 Å². The van der Waals surface area contributed by atoms with E-state index in [1.807, 2.05) is 10.8 Å². The van der Waals surface area contributed by atoms with E-state index in [-0.39, 0.29) is 17.9 Å². The third kappa shape index (κ3) is 4.05. The molecule has 2 aromatic heterocycles. The number of hydrogen-bond donors (Lipinski definition) is 2. The third-order valence-electron chi connectivity index (χ3n) is 6.10. The predicted octanol–water partition coefficient (Wildman–Crippen LogP) is 3.86. The molecule has 4 aromatic rings. The number of amides is 1. The van der Waals surface area contributed by atoms with Gasteiger partial charge in [0.2, 0.25) is 12.1 Å². The second-order valence-electron chi connectivity index (χ2n) is 8.24. The molecule has 9 heteroatoms. The van der Waals surface area contributed by atoms with E-state index < -0.39 is 29.3 Å². The average molecular weight is 476 g/mol. The number of methoxy groups -OCH3 is 1. The number of carbonyl (C=O) groups excluding carboxylic acids is 2. The van der Waals surface area contributed by atoms with Gasteiger partial charge in [0.15, 0.2) is 22.9 Å². The van der Waals surface area contributed by atoms with Crippen molar-refractivity contribution in [2.24, 2.45) is 0 Å². The minimum absolute atomic E-state index is 0.0318. The molecule has 1 aliphatic rings. The van der Waals surface area contributed by atoms with Crippen molar-refractivity contribution in [3.05, 3.63) is 95.7 Å². The van der Waals surface area contributed by atoms with Gasteiger partial charge in [0, 0.05) is 18.4 Å². The Balaban J connectivity index is 1.51. The monoisotopic (exact) mass is 476 g/mol. The Morgan fingerprint density at radius 1 is 1.26 bits per heavy atom. The number of nitrogens with zero attached hydrogens (tertiary/aromatic N) is 2. The highest BCUT2D eigenvalue weighted by Gasteiger charge is 2.44. The molecule has 1 atom stereocenters. The molecule has 1 aliphatic heterocycles. The summed E-state index contributed by atoms with van der Waals surface area (Å²) in [5.74, 6) is -1.93. The van der Waals surface area contributed by atoms with Crippen LogP contribution in [0.15, 0.2) is 83.0 Å². The predicted molar refractivity (Wildman–Crippen MR) is 123 cm³/mol. The van der Waals surface area contributed by atoms with E-state index in [0.717, 1.165) is 0 Å². The molecule has 2 N–H and O–H groups in total. The minimum atomic E-state index is -0.887. The van der Waals surface area contributed by atoms with Gasteiger partial charge in [-0.2, -0.15) is 0 Å². The van der Waals surface area contributed by atoms with Crippen LogP contribution in [-0.2, 0) is 11.3 Å². The Morgan fingerprint density at radius 2 is 2.06 bits per heavy atom. The molecule has 0 aliphatic carbocycles. The molecule has 35 heavy (non-hydrogen) atoms. The molecule has 178 valence electrons. The zero-order valence-electron chi connectivity index (χ0n) is 18.9. The van der Waals surface area contributed by atoms with Gasteiger partial charge < -0.3 is 19.2 Å². The van der Waals surface area contributed by atoms with E-state index in [1.165, 1.54) is 36.3 Å². The lowest BCUT2D eigenvalue weighted by molar-refractivity contribution is -0.695. The van der Waals surface area contributed by atoms with Gasteiger partial charge in [0.05, 0.1) is 25.3 Å². The van der Waals surface area contributed by atoms with Crippen molar-refractivity contribution in [1.29, 1.82) is 0 Å². The number of para-hydroxylation sites is 1. The van der Waals surface area contributed by atoms with Crippen LogP contribution in [0.2, 0.25) is 0 Å². The number of hydrogen-bond acceptors (Lipinski definition) is 5. The number of ether oxygens (including phenoxy) is 1. The van der Waals surface area contributed by atoms with Gasteiger partial charge in [0.25, 0.3) is 5.91 Å². The van der Waals surface area contributed by atoms with Crippen LogP contribution in [0.1, 0.15) is 28.6 Å². The van der Waals surface area contributed by atoms with E-state index >= 15 is 0 Å². The van der Waals surface area contributed by atoms with Crippen LogP contribution >= 0.6 is 0 Å². The summed E-state index contributed by atoms with van der Waals surface area (Å²) in [6, 6.07) is 11.5. The van der Waals surface area contributed by atoms with Crippen LogP contribution in [-0.4, -0.2) is 40.3 Å². The fraction of sp³-hybridized carbons (Fsp3) is 0.192. The average Bonchev–Trinajstić information content (AvgIpc) is 3.59. The summed E-state index contributed by atoms with van der Waals surface area (Å²) < 4.78 is 26.7. The van der Waals surface area contributed by atoms with Crippen LogP contribution in [0.4, 0.5) is 4.39 Å². The van der Waals surface area contributed by atoms with Crippen LogP contribution in [0.5, 0.6) is 5.75 Å². The van der Waals surface area contributed by atoms with Gasteiger partial charge in [-0.1, -0.05) is 24.3 Å². The summed E-state index contributed by atoms with van der Waals surface area (Å²) in [4.78, 5) is 31.1. The molecule has 1 amide bonds. The summed E-state index contributed by atoms with van der Waals surface area (Å²) in [5.41, 5.74) is 0.797. The van der Waals surface area contributed by atoms with Gasteiger partial charge in [-0.3, -0.25) is 14.6 Å². The second kappa shape index (κ2) is 9.09. The maximum absolute atomic E-state index is 13.7. The number of Topliss-reactive ketones (excluding diaryl/α,β-unsaturated/α-hetero) is 1. The number of halogens is 1. The number of benzene rings is 2. The number of fused-ring (bicyclic) bond motifs is 1. The summed E-state index contributed by atoms with van der Waals surface area (Å²) in [7, 11) is 1.50. The number of H-pyrrole nitrogens is 1. The van der Waals surface area contributed by atoms with E-state index in [2.05, 4.69) is 4.98 Å². The molecule has 0 radical (unpaired) electrons. The minimum Gasteiger partial charge on any atom is -0.503 e. The number of nitrogens with one attached hydrogen (secondary N) is 1. The van der Waals surface area contributed by atoms with Crippen molar-refractivity contribution in [3.8, 4) is 5.75 Å². The lowest BCUT2D eigenvalue weighted by Gasteiger charge is -2.26. The largest absolute Gasteiger partial charge is 0.503 e. The Labute approximate surface area is 199 Å². The number of furan rings is 1. The molecule has 0 bridgehead atoms. The summed E-state index contributed by atoms with van der Waals surface area (Å²) >= 11 is 0. The first kappa shape index (κ1) is 22.4. The molecule has 0 saturated heterocycles. The molecule has 1 unspecified atom stereocenters. The van der Waals surface area contributed by atoms with Crippen molar-refractivity contribution < 1.29 is 32.8 Å². The Hall–Kier alpha value is -4.40. The zero-order chi connectivity index (χ0) is 24.5. The Bertz CT molecular complexity index is 1420. The molecule has 0 spiro atoms. The highest BCUT2D eigenvalue weighted by Crippen LogP contribution is 2.40. The van der Waals surface area contributed by atoms with Crippen LogP contribution < -0.4 is 9.30 Å². The van der Waals surface area contributed by atoms with E-state index in [4.69, 9.17) is 9.15 Å². The Kier molecular flexibility index (Phi) is 5.82. The van der Waals surface area contributed by atoms with Gasteiger partial charge in [-0.15, -0.1) is 0 Å². The lowest BCUT2D eigenvalue weighted by atomic mass is 9.95. The molecule has 3 heterocycles. The number of aromatic nitrogens is 2. The smallest absolute Gasteiger partial charge is 0.290 e. The first-order valence-electron chi connectivity index (χ1n) is 11.1. The third-order valence-corrected chi connectivity index (χ3v) is 6.10. The lowest BCUT2D eigenvalue weighted by Crippen LogP contribution is -2.36. The summed E-state index contributed by atoms with van der Waals surface area (Å²) in [5, 5.41) is 11.5. The van der Waals surface area contributed by atoms with Crippen molar-refractivity contribution in [2.45, 2.75) is 19.0 Å². The maximum atomic E-state index is 13.7. The number of aryl methyl sites for hydroxylation is 1. The second-order valence-corrected chi connectivity index (χ2v) is 8.24. The van der Waals surface area contributed by atoms with Crippen molar-refractivity contribution in [2.75, 3.05) is 13.7 Å². The van der Waals surface area contributed by atoms with Gasteiger partial charge >= 0.3 is 0 Å². The van der Waals surface area contributed by atoms with E-state index in [0.29, 0.717) is 35.2 Å². The zero-order valence-corrected chi connectivity index (χ0v) is 18.9. The summed E-state index contributed by atoms with van der Waals surface area (Å²) in [6.07, 6.45) is 6.02. The normalized spacial score (nSPS) is 15.9. The quantitative estimate of drug-likeness (QED) is 0.297. The number of carbonyl (C=O) groups is 2. The number of aromatic amines is 1. The molecular weight excluding hydrogens is 453 g/mol. The molecule has 8 nitrogen and oxygen atoms in total. The number of aliphatic hydroxyl groups is 1. The standard InChI is InChI=1S/C26H22FN3O5/c1-34-19-5-2-4-17-14-20(35-25(17)19)23(31)21-22(16-6-8-18(27)9-7-16)30(26(33)24(21)32)12-3-11-29-13-10-28-15-29/h2,4-10,13-15,22H,3,11-12H2,1H3,(H,31,32)/p+1. The highest BCUT2D eigenvalue weighted by molar-refractivity contribution is 6.16. The number of imidazole rings is 1. The highest BCUT2D eigenvalue weighted by atomic mass is 19.1. The molecular formula is C26H23FN3O5+. The molecule has 2 aromatic carbocycles.